The number of piperidine rings is 1. The Hall–Kier alpha value is -2.58. The zero-order valence-corrected chi connectivity index (χ0v) is 21.0. The molecular formula is C28H35F3N2O3. The van der Waals surface area contributed by atoms with Crippen LogP contribution in [0.4, 0.5) is 13.2 Å². The Morgan fingerprint density at radius 1 is 1.03 bits per heavy atom. The summed E-state index contributed by atoms with van der Waals surface area (Å²) in [4.78, 5) is 16.4. The lowest BCUT2D eigenvalue weighted by molar-refractivity contribution is 0.0677. The van der Waals surface area contributed by atoms with Gasteiger partial charge in [0.25, 0.3) is 5.91 Å². The summed E-state index contributed by atoms with van der Waals surface area (Å²) in [6.07, 6.45) is 3.31. The van der Waals surface area contributed by atoms with Gasteiger partial charge in [0.2, 0.25) is 0 Å². The predicted molar refractivity (Wildman–Crippen MR) is 133 cm³/mol. The molecule has 1 unspecified atom stereocenters. The lowest BCUT2D eigenvalue weighted by atomic mass is 9.96. The Bertz CT molecular complexity index is 1060. The summed E-state index contributed by atoms with van der Waals surface area (Å²) in [5.41, 5.74) is -0.873. The molecule has 36 heavy (non-hydrogen) atoms. The molecule has 2 aliphatic heterocycles. The summed E-state index contributed by atoms with van der Waals surface area (Å²) in [5, 5.41) is 9.46. The standard InChI is InChI=1S/C28H35F3N2O3/c1-28(2,31)18-32-12-9-19(10-13-32)17-36-22-6-8-24(26(30)15-22)23-7-5-20(14-25(23)29)27(35)33-11-3-4-21(33)16-34/h5-8,14-15,19,21,34H,3-4,9-13,16-18H2,1-2H3. The van der Waals surface area contributed by atoms with Crippen LogP contribution in [0, 0.1) is 17.6 Å². The van der Waals surface area contributed by atoms with Crippen molar-refractivity contribution in [1.82, 2.24) is 9.80 Å². The largest absolute Gasteiger partial charge is 0.493 e. The number of carbonyl (C=O) groups excluding carboxylic acids is 1. The van der Waals surface area contributed by atoms with E-state index in [2.05, 4.69) is 4.90 Å². The number of benzene rings is 2. The number of hydrogen-bond acceptors (Lipinski definition) is 4. The van der Waals surface area contributed by atoms with Gasteiger partial charge in [-0.2, -0.15) is 0 Å². The molecule has 0 spiro atoms. The van der Waals surface area contributed by atoms with Crippen LogP contribution < -0.4 is 4.74 Å². The highest BCUT2D eigenvalue weighted by molar-refractivity contribution is 5.95. The van der Waals surface area contributed by atoms with Gasteiger partial charge in [-0.25, -0.2) is 13.2 Å². The van der Waals surface area contributed by atoms with Crippen molar-refractivity contribution in [2.75, 3.05) is 39.4 Å². The molecule has 0 bridgehead atoms. The fraction of sp³-hybridized carbons (Fsp3) is 0.536. The normalized spacial score (nSPS) is 19.6. The topological polar surface area (TPSA) is 53.0 Å². The van der Waals surface area contributed by atoms with Crippen molar-refractivity contribution < 1.29 is 27.8 Å². The van der Waals surface area contributed by atoms with Gasteiger partial charge in [-0.05, 0) is 82.8 Å². The average Bonchev–Trinajstić information content (AvgIpc) is 3.31. The maximum atomic E-state index is 14.9. The first kappa shape index (κ1) is 26.5. The third-order valence-corrected chi connectivity index (χ3v) is 7.09. The Labute approximate surface area is 210 Å². The fourth-order valence-corrected chi connectivity index (χ4v) is 5.19. The van der Waals surface area contributed by atoms with Gasteiger partial charge in [0.1, 0.15) is 23.1 Å². The minimum atomic E-state index is -1.21. The maximum Gasteiger partial charge on any atom is 0.254 e. The predicted octanol–water partition coefficient (Wildman–Crippen LogP) is 5.07. The van der Waals surface area contributed by atoms with Crippen LogP contribution >= 0.6 is 0 Å². The van der Waals surface area contributed by atoms with Crippen LogP contribution in [-0.4, -0.2) is 71.9 Å². The van der Waals surface area contributed by atoms with Crippen molar-refractivity contribution in [2.45, 2.75) is 51.2 Å². The number of likely N-dealkylation sites (tertiary alicyclic amines) is 2. The molecule has 4 rings (SSSR count). The molecule has 0 aromatic heterocycles. The molecule has 1 amide bonds. The Balaban J connectivity index is 1.36. The molecule has 0 radical (unpaired) electrons. The van der Waals surface area contributed by atoms with Crippen molar-refractivity contribution in [2.24, 2.45) is 5.92 Å². The third kappa shape index (κ3) is 6.40. The van der Waals surface area contributed by atoms with E-state index in [9.17, 15) is 23.1 Å². The number of rotatable bonds is 8. The Kier molecular flexibility index (Phi) is 8.25. The molecule has 8 heteroatoms. The fourth-order valence-electron chi connectivity index (χ4n) is 5.19. The van der Waals surface area contributed by atoms with E-state index in [1.54, 1.807) is 24.8 Å². The number of halogens is 3. The van der Waals surface area contributed by atoms with Crippen molar-refractivity contribution in [3.05, 3.63) is 53.6 Å². The first-order valence-corrected chi connectivity index (χ1v) is 12.7. The minimum absolute atomic E-state index is 0.0684. The van der Waals surface area contributed by atoms with Crippen LogP contribution in [0.15, 0.2) is 36.4 Å². The molecule has 1 atom stereocenters. The second kappa shape index (κ2) is 11.2. The molecule has 2 aliphatic rings. The number of aliphatic hydroxyl groups excluding tert-OH is 1. The SMILES string of the molecule is CC(C)(F)CN1CCC(COc2ccc(-c3ccc(C(=O)N4CCCC4CO)cc3F)c(F)c2)CC1. The molecule has 1 N–H and O–H groups in total. The summed E-state index contributed by atoms with van der Waals surface area (Å²) < 4.78 is 49.5. The molecule has 196 valence electrons. The highest BCUT2D eigenvalue weighted by atomic mass is 19.1. The number of nitrogens with zero attached hydrogens (tertiary/aromatic N) is 2. The molecule has 2 fully saturated rings. The number of ether oxygens (including phenoxy) is 1. The second-order valence-corrected chi connectivity index (χ2v) is 10.6. The van der Waals surface area contributed by atoms with Crippen LogP contribution in [0.2, 0.25) is 0 Å². The van der Waals surface area contributed by atoms with Gasteiger partial charge in [0.15, 0.2) is 0 Å². The highest BCUT2D eigenvalue weighted by Gasteiger charge is 2.29. The average molecular weight is 505 g/mol. The van der Waals surface area contributed by atoms with Gasteiger partial charge >= 0.3 is 0 Å². The smallest absolute Gasteiger partial charge is 0.254 e. The number of amides is 1. The zero-order chi connectivity index (χ0) is 25.9. The molecule has 2 aromatic carbocycles. The monoisotopic (exact) mass is 504 g/mol. The first-order chi connectivity index (χ1) is 17.1. The highest BCUT2D eigenvalue weighted by Crippen LogP contribution is 2.30. The molecule has 5 nitrogen and oxygen atoms in total. The van der Waals surface area contributed by atoms with E-state index in [1.165, 1.54) is 24.3 Å². The van der Waals surface area contributed by atoms with Crippen molar-refractivity contribution in [1.29, 1.82) is 0 Å². The van der Waals surface area contributed by atoms with E-state index in [0.29, 0.717) is 31.4 Å². The van der Waals surface area contributed by atoms with Crippen LogP contribution in [0.3, 0.4) is 0 Å². The number of alkyl halides is 1. The van der Waals surface area contributed by atoms with Crippen LogP contribution in [0.5, 0.6) is 5.75 Å². The van der Waals surface area contributed by atoms with Crippen molar-refractivity contribution in [3.8, 4) is 16.9 Å². The van der Waals surface area contributed by atoms with Crippen molar-refractivity contribution in [3.63, 3.8) is 0 Å². The van der Waals surface area contributed by atoms with E-state index in [-0.39, 0.29) is 35.2 Å². The molecule has 0 aliphatic carbocycles. The van der Waals surface area contributed by atoms with Gasteiger partial charge < -0.3 is 19.6 Å². The third-order valence-electron chi connectivity index (χ3n) is 7.09. The van der Waals surface area contributed by atoms with Crippen LogP contribution in [-0.2, 0) is 0 Å². The number of aliphatic hydroxyl groups is 1. The molecule has 0 saturated carbocycles. The van der Waals surface area contributed by atoms with Crippen LogP contribution in [0.1, 0.15) is 49.9 Å². The summed E-state index contributed by atoms with van der Waals surface area (Å²) in [7, 11) is 0. The first-order valence-electron chi connectivity index (χ1n) is 12.7. The van der Waals surface area contributed by atoms with Crippen LogP contribution in [0.25, 0.3) is 11.1 Å². The zero-order valence-electron chi connectivity index (χ0n) is 21.0. The molecule has 2 saturated heterocycles. The van der Waals surface area contributed by atoms with E-state index < -0.39 is 17.3 Å². The lowest BCUT2D eigenvalue weighted by Crippen LogP contribution is -2.41. The molecule has 2 heterocycles. The van der Waals surface area contributed by atoms with Gasteiger partial charge in [0.05, 0.1) is 19.3 Å². The van der Waals surface area contributed by atoms with Gasteiger partial charge in [-0.15, -0.1) is 0 Å². The van der Waals surface area contributed by atoms with Gasteiger partial charge in [0, 0.05) is 35.8 Å². The maximum absolute atomic E-state index is 14.9. The van der Waals surface area contributed by atoms with E-state index in [0.717, 1.165) is 44.8 Å². The summed E-state index contributed by atoms with van der Waals surface area (Å²) in [5.74, 6) is -0.933. The quantitative estimate of drug-likeness (QED) is 0.546. The van der Waals surface area contributed by atoms with Crippen molar-refractivity contribution >= 4 is 5.91 Å². The second-order valence-electron chi connectivity index (χ2n) is 10.6. The van der Waals surface area contributed by atoms with E-state index >= 15 is 0 Å². The molecular weight excluding hydrogens is 469 g/mol. The Morgan fingerprint density at radius 3 is 2.31 bits per heavy atom. The minimum Gasteiger partial charge on any atom is -0.493 e. The van der Waals surface area contributed by atoms with E-state index in [1.807, 2.05) is 0 Å². The number of hydrogen-bond donors (Lipinski definition) is 1. The summed E-state index contributed by atoms with van der Waals surface area (Å²) in [6.45, 7) is 6.06. The molecule has 2 aromatic rings. The number of carbonyl (C=O) groups is 1. The van der Waals surface area contributed by atoms with E-state index in [4.69, 9.17) is 4.74 Å². The summed E-state index contributed by atoms with van der Waals surface area (Å²) in [6, 6.07) is 8.15. The summed E-state index contributed by atoms with van der Waals surface area (Å²) >= 11 is 0. The lowest BCUT2D eigenvalue weighted by Gasteiger charge is -2.34. The van der Waals surface area contributed by atoms with Gasteiger partial charge in [-0.1, -0.05) is 6.07 Å². The Morgan fingerprint density at radius 2 is 1.69 bits per heavy atom. The van der Waals surface area contributed by atoms with Gasteiger partial charge in [-0.3, -0.25) is 4.79 Å².